The molecule has 0 fully saturated rings. The van der Waals surface area contributed by atoms with Gasteiger partial charge in [-0.25, -0.2) is 9.97 Å². The van der Waals surface area contributed by atoms with Crippen LogP contribution in [0.15, 0.2) is 36.7 Å². The van der Waals surface area contributed by atoms with E-state index in [-0.39, 0.29) is 11.4 Å². The van der Waals surface area contributed by atoms with E-state index in [9.17, 15) is 4.79 Å². The van der Waals surface area contributed by atoms with Gasteiger partial charge in [0, 0.05) is 43.4 Å². The molecule has 0 aliphatic heterocycles. The average molecular weight is 313 g/mol. The van der Waals surface area contributed by atoms with Gasteiger partial charge in [-0.15, -0.1) is 0 Å². The number of benzene rings is 1. The highest BCUT2D eigenvalue weighted by molar-refractivity contribution is 6.03. The Hall–Kier alpha value is -2.63. The van der Waals surface area contributed by atoms with E-state index in [1.807, 2.05) is 64.0 Å². The zero-order valence-electron chi connectivity index (χ0n) is 14.2. The number of anilines is 3. The Morgan fingerprint density at radius 2 is 1.61 bits per heavy atom. The van der Waals surface area contributed by atoms with Crippen molar-refractivity contribution in [3.05, 3.63) is 42.2 Å². The first-order valence-electron chi connectivity index (χ1n) is 7.43. The lowest BCUT2D eigenvalue weighted by molar-refractivity contribution is 0.102. The summed E-state index contributed by atoms with van der Waals surface area (Å²) >= 11 is 0. The molecule has 2 N–H and O–H groups in total. The van der Waals surface area contributed by atoms with Crippen LogP contribution in [0, 0.1) is 0 Å². The maximum atomic E-state index is 12.2. The second kappa shape index (κ2) is 6.64. The molecule has 2 aromatic rings. The summed E-state index contributed by atoms with van der Waals surface area (Å²) in [6.07, 6.45) is 3.04. The predicted molar refractivity (Wildman–Crippen MR) is 94.1 cm³/mol. The van der Waals surface area contributed by atoms with Gasteiger partial charge in [-0.05, 0) is 45.0 Å². The minimum Gasteiger partial charge on any atom is -0.378 e. The highest BCUT2D eigenvalue weighted by Crippen LogP contribution is 2.16. The van der Waals surface area contributed by atoms with E-state index in [4.69, 9.17) is 0 Å². The number of hydrogen-bond donors (Lipinski definition) is 2. The van der Waals surface area contributed by atoms with Crippen molar-refractivity contribution < 1.29 is 4.79 Å². The summed E-state index contributed by atoms with van der Waals surface area (Å²) in [7, 11) is 3.94. The molecule has 23 heavy (non-hydrogen) atoms. The van der Waals surface area contributed by atoms with Crippen LogP contribution in [0.1, 0.15) is 31.1 Å². The number of rotatable bonds is 4. The van der Waals surface area contributed by atoms with Crippen LogP contribution in [-0.4, -0.2) is 35.5 Å². The minimum atomic E-state index is -0.232. The van der Waals surface area contributed by atoms with Crippen LogP contribution in [0.4, 0.5) is 17.3 Å². The SMILES string of the molecule is CN(C)c1ccc(NC(=O)c2cnc(NC(C)(C)C)nc2)cc1. The molecule has 0 spiro atoms. The number of nitrogens with zero attached hydrogens (tertiary/aromatic N) is 3. The second-order valence-electron chi connectivity index (χ2n) is 6.57. The standard InChI is InChI=1S/C17H23N5O/c1-17(2,3)21-16-18-10-12(11-19-16)15(23)20-13-6-8-14(9-7-13)22(4)5/h6-11H,1-5H3,(H,20,23)(H,18,19,21). The molecule has 1 heterocycles. The number of carbonyl (C=O) groups excluding carboxylic acids is 1. The largest absolute Gasteiger partial charge is 0.378 e. The van der Waals surface area contributed by atoms with E-state index in [1.54, 1.807) is 0 Å². The van der Waals surface area contributed by atoms with E-state index in [2.05, 4.69) is 20.6 Å². The zero-order valence-corrected chi connectivity index (χ0v) is 14.2. The summed E-state index contributed by atoms with van der Waals surface area (Å²) < 4.78 is 0. The smallest absolute Gasteiger partial charge is 0.258 e. The number of hydrogen-bond acceptors (Lipinski definition) is 5. The molecule has 0 aliphatic carbocycles. The average Bonchev–Trinajstić information content (AvgIpc) is 2.46. The van der Waals surface area contributed by atoms with Crippen molar-refractivity contribution in [1.29, 1.82) is 0 Å². The highest BCUT2D eigenvalue weighted by Gasteiger charge is 2.12. The van der Waals surface area contributed by atoms with Crippen molar-refractivity contribution in [2.75, 3.05) is 29.6 Å². The first-order chi connectivity index (χ1) is 10.7. The number of carbonyl (C=O) groups is 1. The maximum Gasteiger partial charge on any atom is 0.258 e. The lowest BCUT2D eigenvalue weighted by atomic mass is 10.1. The normalized spacial score (nSPS) is 11.0. The summed E-state index contributed by atoms with van der Waals surface area (Å²) in [6.45, 7) is 6.07. The van der Waals surface area contributed by atoms with Gasteiger partial charge in [0.25, 0.3) is 5.91 Å². The fourth-order valence-electron chi connectivity index (χ4n) is 1.89. The van der Waals surface area contributed by atoms with Gasteiger partial charge in [0.2, 0.25) is 5.95 Å². The Bertz CT molecular complexity index is 657. The Kier molecular flexibility index (Phi) is 4.83. The predicted octanol–water partition coefficient (Wildman–Crippen LogP) is 3.01. The molecule has 0 bridgehead atoms. The van der Waals surface area contributed by atoms with E-state index < -0.39 is 0 Å². The number of nitrogens with one attached hydrogen (secondary N) is 2. The summed E-state index contributed by atoms with van der Waals surface area (Å²) in [6, 6.07) is 7.62. The fraction of sp³-hybridized carbons (Fsp3) is 0.353. The molecule has 0 saturated heterocycles. The van der Waals surface area contributed by atoms with E-state index >= 15 is 0 Å². The molecule has 6 nitrogen and oxygen atoms in total. The summed E-state index contributed by atoms with van der Waals surface area (Å²) in [5.41, 5.74) is 2.10. The third-order valence-electron chi connectivity index (χ3n) is 3.04. The van der Waals surface area contributed by atoms with Crippen LogP contribution in [0.2, 0.25) is 0 Å². The maximum absolute atomic E-state index is 12.2. The molecule has 0 atom stereocenters. The van der Waals surface area contributed by atoms with Gasteiger partial charge in [0.05, 0.1) is 5.56 Å². The highest BCUT2D eigenvalue weighted by atomic mass is 16.1. The number of amides is 1. The van der Waals surface area contributed by atoms with Crippen LogP contribution >= 0.6 is 0 Å². The van der Waals surface area contributed by atoms with E-state index in [1.165, 1.54) is 12.4 Å². The molecule has 0 unspecified atom stereocenters. The Labute approximate surface area is 137 Å². The van der Waals surface area contributed by atoms with Gasteiger partial charge in [0.1, 0.15) is 0 Å². The summed E-state index contributed by atoms with van der Waals surface area (Å²) in [5.74, 6) is 0.272. The topological polar surface area (TPSA) is 70.2 Å². The lowest BCUT2D eigenvalue weighted by Crippen LogP contribution is -2.27. The van der Waals surface area contributed by atoms with E-state index in [0.717, 1.165) is 11.4 Å². The molecule has 0 aliphatic rings. The van der Waals surface area contributed by atoms with Crippen molar-refractivity contribution in [1.82, 2.24) is 9.97 Å². The lowest BCUT2D eigenvalue weighted by Gasteiger charge is -2.20. The van der Waals surface area contributed by atoms with Gasteiger partial charge in [0.15, 0.2) is 0 Å². The van der Waals surface area contributed by atoms with Crippen LogP contribution in [-0.2, 0) is 0 Å². The Morgan fingerprint density at radius 1 is 1.04 bits per heavy atom. The van der Waals surface area contributed by atoms with E-state index in [0.29, 0.717) is 11.5 Å². The molecule has 1 amide bonds. The van der Waals surface area contributed by atoms with Crippen LogP contribution in [0.5, 0.6) is 0 Å². The molecule has 2 rings (SSSR count). The fourth-order valence-corrected chi connectivity index (χ4v) is 1.89. The van der Waals surface area contributed by atoms with Crippen molar-refractivity contribution in [3.63, 3.8) is 0 Å². The molecule has 0 radical (unpaired) electrons. The molecular formula is C17H23N5O. The van der Waals surface area contributed by atoms with Crippen LogP contribution in [0.3, 0.4) is 0 Å². The summed E-state index contributed by atoms with van der Waals surface area (Å²) in [5, 5.41) is 5.99. The minimum absolute atomic E-state index is 0.127. The first-order valence-corrected chi connectivity index (χ1v) is 7.43. The Morgan fingerprint density at radius 3 is 2.09 bits per heavy atom. The van der Waals surface area contributed by atoms with Crippen LogP contribution < -0.4 is 15.5 Å². The van der Waals surface area contributed by atoms with Gasteiger partial charge >= 0.3 is 0 Å². The van der Waals surface area contributed by atoms with Gasteiger partial charge < -0.3 is 15.5 Å². The molecule has 122 valence electrons. The van der Waals surface area contributed by atoms with Crippen molar-refractivity contribution in [3.8, 4) is 0 Å². The molecule has 0 saturated carbocycles. The molecular weight excluding hydrogens is 290 g/mol. The quantitative estimate of drug-likeness (QED) is 0.908. The molecule has 1 aromatic carbocycles. The third kappa shape index (κ3) is 4.95. The first kappa shape index (κ1) is 16.7. The zero-order chi connectivity index (χ0) is 17.0. The number of aromatic nitrogens is 2. The third-order valence-corrected chi connectivity index (χ3v) is 3.04. The second-order valence-corrected chi connectivity index (χ2v) is 6.57. The summed E-state index contributed by atoms with van der Waals surface area (Å²) in [4.78, 5) is 22.6. The van der Waals surface area contributed by atoms with Crippen LogP contribution in [0.25, 0.3) is 0 Å². The van der Waals surface area contributed by atoms with Gasteiger partial charge in [-0.2, -0.15) is 0 Å². The monoisotopic (exact) mass is 313 g/mol. The van der Waals surface area contributed by atoms with Crippen molar-refractivity contribution in [2.45, 2.75) is 26.3 Å². The van der Waals surface area contributed by atoms with Crippen molar-refractivity contribution in [2.24, 2.45) is 0 Å². The molecule has 1 aromatic heterocycles. The molecule has 6 heteroatoms. The Balaban J connectivity index is 2.03. The van der Waals surface area contributed by atoms with Gasteiger partial charge in [-0.1, -0.05) is 0 Å². The van der Waals surface area contributed by atoms with Crippen molar-refractivity contribution >= 4 is 23.2 Å². The van der Waals surface area contributed by atoms with Gasteiger partial charge in [-0.3, -0.25) is 4.79 Å².